The van der Waals surface area contributed by atoms with Gasteiger partial charge in [0.25, 0.3) is 0 Å². The molecule has 3 heteroatoms. The van der Waals surface area contributed by atoms with Crippen LogP contribution < -0.4 is 0 Å². The van der Waals surface area contributed by atoms with Gasteiger partial charge in [-0.3, -0.25) is 0 Å². The highest BCUT2D eigenvalue weighted by molar-refractivity contribution is 5.75. The van der Waals surface area contributed by atoms with E-state index >= 15 is 0 Å². The fraction of sp³-hybridized carbons (Fsp3) is 0.667. The molecule has 1 aromatic carbocycles. The number of aliphatic hydroxyl groups excluding tert-OH is 1. The van der Waals surface area contributed by atoms with E-state index < -0.39 is 0 Å². The van der Waals surface area contributed by atoms with Crippen LogP contribution >= 0.6 is 0 Å². The van der Waals surface area contributed by atoms with Crippen molar-refractivity contribution in [1.82, 2.24) is 0 Å². The van der Waals surface area contributed by atoms with E-state index in [-0.39, 0.29) is 22.5 Å². The maximum absolute atomic E-state index is 10.4. The van der Waals surface area contributed by atoms with E-state index in [9.17, 15) is 10.2 Å². The minimum Gasteiger partial charge on any atom is -0.508 e. The average Bonchev–Trinajstić information content (AvgIpc) is 2.74. The van der Waals surface area contributed by atoms with Gasteiger partial charge < -0.3 is 10.2 Å². The van der Waals surface area contributed by atoms with Gasteiger partial charge in [-0.05, 0) is 85.0 Å². The minimum atomic E-state index is -0.0883. The summed E-state index contributed by atoms with van der Waals surface area (Å²) >= 11 is 0. The monoisotopic (exact) mass is 300 g/mol. The van der Waals surface area contributed by atoms with E-state index in [4.69, 9.17) is 0 Å². The maximum Gasteiger partial charge on any atom is 0.115 e. The van der Waals surface area contributed by atoms with Crippen molar-refractivity contribution in [3.05, 3.63) is 29.3 Å². The van der Waals surface area contributed by atoms with Crippen LogP contribution in [0.4, 0.5) is 0 Å². The zero-order valence-corrected chi connectivity index (χ0v) is 13.7. The summed E-state index contributed by atoms with van der Waals surface area (Å²) in [4.78, 5) is 0. The van der Waals surface area contributed by atoms with Crippen molar-refractivity contribution in [2.45, 2.75) is 57.5 Å². The van der Waals surface area contributed by atoms with Gasteiger partial charge in [0.2, 0.25) is 0 Å². The van der Waals surface area contributed by atoms with Gasteiger partial charge in [0, 0.05) is 11.0 Å². The smallest absolute Gasteiger partial charge is 0.115 e. The van der Waals surface area contributed by atoms with E-state index in [1.165, 1.54) is 30.4 Å². The SMILES string of the molecule is C[C@]12CC[C@@H]3c4ccc(O)cc4CC[C@H]3[C@@H]1CC[C@@H]2O.[Si]. The first-order chi connectivity index (χ1) is 9.59. The molecule has 0 spiro atoms. The molecule has 3 aliphatic rings. The van der Waals surface area contributed by atoms with Gasteiger partial charge in [-0.1, -0.05) is 13.0 Å². The maximum atomic E-state index is 10.4. The van der Waals surface area contributed by atoms with Crippen LogP contribution in [0.3, 0.4) is 0 Å². The molecular weight excluding hydrogens is 276 g/mol. The van der Waals surface area contributed by atoms with Crippen molar-refractivity contribution in [3.63, 3.8) is 0 Å². The lowest BCUT2D eigenvalue weighted by Gasteiger charge is -2.50. The number of aliphatic hydroxyl groups is 1. The van der Waals surface area contributed by atoms with Gasteiger partial charge in [0.05, 0.1) is 6.10 Å². The minimum absolute atomic E-state index is 0. The summed E-state index contributed by atoms with van der Waals surface area (Å²) in [5, 5.41) is 20.0. The molecule has 0 heterocycles. The molecule has 112 valence electrons. The Hall–Kier alpha value is -0.803. The summed E-state index contributed by atoms with van der Waals surface area (Å²) in [5.41, 5.74) is 2.99. The molecule has 2 saturated carbocycles. The lowest BCUT2D eigenvalue weighted by atomic mass is 9.55. The second-order valence-electron chi connectivity index (χ2n) is 7.44. The van der Waals surface area contributed by atoms with Crippen LogP contribution in [0.15, 0.2) is 18.2 Å². The summed E-state index contributed by atoms with van der Waals surface area (Å²) in [6.07, 6.45) is 6.78. The quantitative estimate of drug-likeness (QED) is 0.722. The Balaban J connectivity index is 0.00000132. The molecule has 2 fully saturated rings. The standard InChI is InChI=1S/C18H24O2.Si/c1-18-9-8-14-13-5-3-12(19)10-11(13)2-4-15(14)16(18)6-7-17(18)20;/h3,5,10,14-17,19-20H,2,4,6-9H2,1H3;/t14-,15-,16+,17+,18+;/m1./s1. The summed E-state index contributed by atoms with van der Waals surface area (Å²) in [5.74, 6) is 2.49. The number of rotatable bonds is 0. The molecule has 21 heavy (non-hydrogen) atoms. The zero-order valence-electron chi connectivity index (χ0n) is 12.7. The third-order valence-corrected chi connectivity index (χ3v) is 6.66. The van der Waals surface area contributed by atoms with Crippen molar-refractivity contribution in [2.24, 2.45) is 17.3 Å². The van der Waals surface area contributed by atoms with Crippen LogP contribution in [-0.4, -0.2) is 27.3 Å². The highest BCUT2D eigenvalue weighted by Crippen LogP contribution is 2.60. The second-order valence-corrected chi connectivity index (χ2v) is 7.44. The van der Waals surface area contributed by atoms with Gasteiger partial charge in [-0.25, -0.2) is 0 Å². The van der Waals surface area contributed by atoms with Crippen LogP contribution in [-0.2, 0) is 6.42 Å². The molecule has 0 amide bonds. The number of benzene rings is 1. The van der Waals surface area contributed by atoms with Crippen LogP contribution in [0.1, 0.15) is 56.1 Å². The van der Waals surface area contributed by atoms with Crippen LogP contribution in [0.2, 0.25) is 0 Å². The van der Waals surface area contributed by atoms with E-state index in [1.54, 1.807) is 0 Å². The van der Waals surface area contributed by atoms with E-state index in [0.29, 0.717) is 17.6 Å². The van der Waals surface area contributed by atoms with E-state index in [1.807, 2.05) is 12.1 Å². The first-order valence-corrected chi connectivity index (χ1v) is 8.09. The van der Waals surface area contributed by atoms with Crippen molar-refractivity contribution >= 4 is 11.0 Å². The fourth-order valence-corrected chi connectivity index (χ4v) is 5.54. The number of hydrogen-bond donors (Lipinski definition) is 2. The Kier molecular flexibility index (Phi) is 3.69. The zero-order chi connectivity index (χ0) is 13.9. The Morgan fingerprint density at radius 1 is 1.14 bits per heavy atom. The predicted molar refractivity (Wildman–Crippen MR) is 84.5 cm³/mol. The van der Waals surface area contributed by atoms with Gasteiger partial charge in [0.15, 0.2) is 0 Å². The van der Waals surface area contributed by atoms with Crippen LogP contribution in [0.25, 0.3) is 0 Å². The number of aromatic hydroxyl groups is 1. The van der Waals surface area contributed by atoms with Gasteiger partial charge >= 0.3 is 0 Å². The van der Waals surface area contributed by atoms with E-state index in [0.717, 1.165) is 25.2 Å². The summed E-state index contributed by atoms with van der Waals surface area (Å²) in [6.45, 7) is 2.32. The fourth-order valence-electron chi connectivity index (χ4n) is 5.54. The first kappa shape index (κ1) is 15.1. The molecule has 0 aromatic heterocycles. The third-order valence-electron chi connectivity index (χ3n) is 6.66. The number of fused-ring (bicyclic) bond motifs is 5. The molecule has 1 aromatic rings. The van der Waals surface area contributed by atoms with Crippen molar-refractivity contribution < 1.29 is 10.2 Å². The lowest BCUT2D eigenvalue weighted by molar-refractivity contribution is -0.0226. The molecule has 0 aliphatic heterocycles. The Labute approximate surface area is 131 Å². The van der Waals surface area contributed by atoms with Crippen LogP contribution in [0, 0.1) is 17.3 Å². The van der Waals surface area contributed by atoms with E-state index in [2.05, 4.69) is 13.0 Å². The molecule has 0 unspecified atom stereocenters. The molecule has 2 nitrogen and oxygen atoms in total. The lowest BCUT2D eigenvalue weighted by Crippen LogP contribution is -2.43. The Morgan fingerprint density at radius 3 is 2.76 bits per heavy atom. The molecule has 4 rings (SSSR count). The van der Waals surface area contributed by atoms with Gasteiger partial charge in [-0.15, -0.1) is 0 Å². The number of hydrogen-bond acceptors (Lipinski definition) is 2. The molecule has 3 aliphatic carbocycles. The summed E-state index contributed by atoms with van der Waals surface area (Å²) in [6, 6.07) is 5.96. The largest absolute Gasteiger partial charge is 0.508 e. The second kappa shape index (κ2) is 5.13. The summed E-state index contributed by atoms with van der Waals surface area (Å²) < 4.78 is 0. The first-order valence-electron chi connectivity index (χ1n) is 8.09. The van der Waals surface area contributed by atoms with Crippen molar-refractivity contribution in [2.75, 3.05) is 0 Å². The normalized spacial score (nSPS) is 40.7. The topological polar surface area (TPSA) is 40.5 Å². The number of aryl methyl sites for hydroxylation is 1. The highest BCUT2D eigenvalue weighted by atomic mass is 28.1. The molecular formula is C18H24O2Si. The molecule has 5 atom stereocenters. The Bertz CT molecular complexity index is 544. The number of phenolic OH excluding ortho intramolecular Hbond substituents is 1. The summed E-state index contributed by atoms with van der Waals surface area (Å²) in [7, 11) is 0. The molecule has 0 bridgehead atoms. The van der Waals surface area contributed by atoms with Crippen LogP contribution in [0.5, 0.6) is 5.75 Å². The van der Waals surface area contributed by atoms with Gasteiger partial charge in [0.1, 0.15) is 5.75 Å². The predicted octanol–water partition coefficient (Wildman–Crippen LogP) is 3.23. The van der Waals surface area contributed by atoms with Crippen molar-refractivity contribution in [3.8, 4) is 5.75 Å². The van der Waals surface area contributed by atoms with Crippen molar-refractivity contribution in [1.29, 1.82) is 0 Å². The molecule has 2 N–H and O–H groups in total. The Morgan fingerprint density at radius 2 is 1.95 bits per heavy atom. The molecule has 4 radical (unpaired) electrons. The average molecular weight is 300 g/mol. The van der Waals surface area contributed by atoms with Gasteiger partial charge in [-0.2, -0.15) is 0 Å². The third kappa shape index (κ3) is 2.08. The number of phenols is 1. The highest BCUT2D eigenvalue weighted by Gasteiger charge is 2.54. The molecule has 0 saturated heterocycles.